The summed E-state index contributed by atoms with van der Waals surface area (Å²) < 4.78 is 1.34. The molecule has 0 aliphatic carbocycles. The van der Waals surface area contributed by atoms with Crippen LogP contribution in [-0.4, -0.2) is 55.7 Å². The lowest BCUT2D eigenvalue weighted by Crippen LogP contribution is -3.00. The Kier molecular flexibility index (Phi) is 5.14. The number of likely N-dealkylation sites (N-methyl/N-ethyl adjacent to an activating group) is 2. The lowest BCUT2D eigenvalue weighted by Gasteiger charge is -2.42. The molecule has 0 saturated carbocycles. The third-order valence-corrected chi connectivity index (χ3v) is 3.25. The van der Waals surface area contributed by atoms with Gasteiger partial charge in [-0.2, -0.15) is 0 Å². The van der Waals surface area contributed by atoms with Crippen LogP contribution in [0.3, 0.4) is 0 Å². The summed E-state index contributed by atoms with van der Waals surface area (Å²) in [5, 5.41) is 0. The molecule has 2 nitrogen and oxygen atoms in total. The molecular weight excluding hydrogens is 172 g/mol. The van der Waals surface area contributed by atoms with Crippen molar-refractivity contribution in [1.82, 2.24) is 4.90 Å². The van der Waals surface area contributed by atoms with Crippen molar-refractivity contribution < 1.29 is 16.9 Å². The molecule has 1 aliphatic heterocycles. The summed E-state index contributed by atoms with van der Waals surface area (Å²) in [6, 6.07) is 0. The van der Waals surface area contributed by atoms with Gasteiger partial charge in [0.25, 0.3) is 0 Å². The number of halogens is 1. The third-order valence-electron chi connectivity index (χ3n) is 3.25. The first-order valence-electron chi connectivity index (χ1n) is 4.76. The van der Waals surface area contributed by atoms with E-state index in [-0.39, 0.29) is 12.4 Å². The number of hydrogen-bond acceptors (Lipinski definition) is 1. The molecule has 0 aromatic rings. The van der Waals surface area contributed by atoms with Gasteiger partial charge in [-0.1, -0.05) is 0 Å². The molecule has 0 radical (unpaired) electrons. The summed E-state index contributed by atoms with van der Waals surface area (Å²) in [5.74, 6) is 0. The number of hydrogen-bond donors (Lipinski definition) is 0. The van der Waals surface area contributed by atoms with Gasteiger partial charge in [0.15, 0.2) is 0 Å². The fourth-order valence-electron chi connectivity index (χ4n) is 1.85. The third kappa shape index (κ3) is 2.61. The van der Waals surface area contributed by atoms with Gasteiger partial charge >= 0.3 is 0 Å². The van der Waals surface area contributed by atoms with Crippen LogP contribution in [0.4, 0.5) is 0 Å². The number of nitrogens with zero attached hydrogens (tertiary/aromatic N) is 2. The van der Waals surface area contributed by atoms with Crippen molar-refractivity contribution in [2.75, 3.05) is 46.3 Å². The lowest BCUT2D eigenvalue weighted by molar-refractivity contribution is -0.928. The van der Waals surface area contributed by atoms with E-state index in [2.05, 4.69) is 25.8 Å². The van der Waals surface area contributed by atoms with Crippen LogP contribution in [0.25, 0.3) is 0 Å². The van der Waals surface area contributed by atoms with Crippen LogP contribution in [-0.2, 0) is 0 Å². The van der Waals surface area contributed by atoms with Crippen molar-refractivity contribution in [3.63, 3.8) is 0 Å². The highest BCUT2D eigenvalue weighted by Crippen LogP contribution is 2.10. The zero-order chi connectivity index (χ0) is 8.32. The SMILES string of the molecule is CC[N+]1(CC)CCN(C)CC1.[Cl-]. The number of rotatable bonds is 2. The zero-order valence-corrected chi connectivity index (χ0v) is 9.27. The molecule has 0 bridgehead atoms. The summed E-state index contributed by atoms with van der Waals surface area (Å²) in [4.78, 5) is 2.43. The van der Waals surface area contributed by atoms with Crippen molar-refractivity contribution in [2.24, 2.45) is 0 Å². The molecule has 0 unspecified atom stereocenters. The molecule has 0 spiro atoms. The maximum Gasteiger partial charge on any atom is 0.0916 e. The van der Waals surface area contributed by atoms with E-state index in [0.717, 1.165) is 0 Å². The molecule has 1 heterocycles. The van der Waals surface area contributed by atoms with Gasteiger partial charge in [-0.05, 0) is 20.9 Å². The Morgan fingerprint density at radius 1 is 1.08 bits per heavy atom. The van der Waals surface area contributed by atoms with E-state index < -0.39 is 0 Å². The van der Waals surface area contributed by atoms with Gasteiger partial charge < -0.3 is 16.9 Å². The summed E-state index contributed by atoms with van der Waals surface area (Å²) in [5.41, 5.74) is 0. The first-order chi connectivity index (χ1) is 5.22. The van der Waals surface area contributed by atoms with Crippen molar-refractivity contribution in [3.05, 3.63) is 0 Å². The summed E-state index contributed by atoms with van der Waals surface area (Å²) in [6.07, 6.45) is 0. The van der Waals surface area contributed by atoms with E-state index >= 15 is 0 Å². The summed E-state index contributed by atoms with van der Waals surface area (Å²) >= 11 is 0. The van der Waals surface area contributed by atoms with E-state index in [4.69, 9.17) is 0 Å². The Balaban J connectivity index is 0.00000121. The maximum absolute atomic E-state index is 2.43. The highest BCUT2D eigenvalue weighted by Gasteiger charge is 2.27. The Morgan fingerprint density at radius 2 is 1.50 bits per heavy atom. The summed E-state index contributed by atoms with van der Waals surface area (Å²) in [7, 11) is 2.22. The first kappa shape index (κ1) is 12.2. The molecule has 3 heteroatoms. The highest BCUT2D eigenvalue weighted by atomic mass is 35.5. The molecule has 0 aromatic carbocycles. The average molecular weight is 193 g/mol. The van der Waals surface area contributed by atoms with E-state index in [1.165, 1.54) is 43.8 Å². The van der Waals surface area contributed by atoms with Crippen LogP contribution in [0.2, 0.25) is 0 Å². The van der Waals surface area contributed by atoms with Gasteiger partial charge in [0.1, 0.15) is 0 Å². The number of quaternary nitrogens is 1. The lowest BCUT2D eigenvalue weighted by atomic mass is 10.2. The second-order valence-electron chi connectivity index (χ2n) is 3.72. The van der Waals surface area contributed by atoms with E-state index in [1.54, 1.807) is 0 Å². The van der Waals surface area contributed by atoms with Crippen molar-refractivity contribution in [3.8, 4) is 0 Å². The van der Waals surface area contributed by atoms with Crippen LogP contribution in [0.5, 0.6) is 0 Å². The van der Waals surface area contributed by atoms with Crippen LogP contribution in [0.1, 0.15) is 13.8 Å². The molecule has 0 atom stereocenters. The van der Waals surface area contributed by atoms with Gasteiger partial charge in [-0.3, -0.25) is 4.90 Å². The smallest absolute Gasteiger partial charge is 0.0916 e. The van der Waals surface area contributed by atoms with Crippen LogP contribution in [0.15, 0.2) is 0 Å². The first-order valence-corrected chi connectivity index (χ1v) is 4.76. The Morgan fingerprint density at radius 3 is 1.83 bits per heavy atom. The molecule has 74 valence electrons. The fraction of sp³-hybridized carbons (Fsp3) is 1.00. The second kappa shape index (κ2) is 5.05. The van der Waals surface area contributed by atoms with E-state index in [0.29, 0.717) is 0 Å². The fourth-order valence-corrected chi connectivity index (χ4v) is 1.85. The maximum atomic E-state index is 2.43. The van der Waals surface area contributed by atoms with E-state index in [9.17, 15) is 0 Å². The van der Waals surface area contributed by atoms with Gasteiger partial charge in [-0.25, -0.2) is 0 Å². The number of piperazine rings is 1. The molecule has 0 N–H and O–H groups in total. The van der Waals surface area contributed by atoms with Gasteiger partial charge in [0, 0.05) is 13.1 Å². The minimum absolute atomic E-state index is 0. The monoisotopic (exact) mass is 192 g/mol. The van der Waals surface area contributed by atoms with Crippen molar-refractivity contribution in [1.29, 1.82) is 0 Å². The molecule has 0 aromatic heterocycles. The predicted molar refractivity (Wildman–Crippen MR) is 48.6 cm³/mol. The Labute approximate surface area is 82.5 Å². The topological polar surface area (TPSA) is 3.24 Å². The van der Waals surface area contributed by atoms with Crippen LogP contribution >= 0.6 is 0 Å². The van der Waals surface area contributed by atoms with Gasteiger partial charge in [0.05, 0.1) is 26.2 Å². The van der Waals surface area contributed by atoms with Gasteiger partial charge in [0.2, 0.25) is 0 Å². The molecule has 0 amide bonds. The minimum atomic E-state index is 0. The summed E-state index contributed by atoms with van der Waals surface area (Å²) in [6.45, 7) is 12.5. The largest absolute Gasteiger partial charge is 1.00 e. The van der Waals surface area contributed by atoms with Crippen LogP contribution in [0, 0.1) is 0 Å². The standard InChI is InChI=1S/C9H21N2.ClH/c1-4-11(5-2)8-6-10(3)7-9-11;/h4-9H2,1-3H3;1H/q+1;/p-1. The van der Waals surface area contributed by atoms with Crippen molar-refractivity contribution >= 4 is 0 Å². The minimum Gasteiger partial charge on any atom is -1.00 e. The Bertz CT molecular complexity index is 114. The Hall–Kier alpha value is 0.210. The second-order valence-corrected chi connectivity index (χ2v) is 3.72. The van der Waals surface area contributed by atoms with Crippen molar-refractivity contribution in [2.45, 2.75) is 13.8 Å². The quantitative estimate of drug-likeness (QED) is 0.449. The normalized spacial score (nSPS) is 23.2. The van der Waals surface area contributed by atoms with E-state index in [1.807, 2.05) is 0 Å². The molecule has 1 fully saturated rings. The molecular formula is C9H21ClN2. The predicted octanol–water partition coefficient (Wildman–Crippen LogP) is -2.21. The van der Waals surface area contributed by atoms with Crippen LogP contribution < -0.4 is 12.4 Å². The molecule has 12 heavy (non-hydrogen) atoms. The highest BCUT2D eigenvalue weighted by molar-refractivity contribution is 4.58. The molecule has 1 rings (SSSR count). The molecule has 1 aliphatic rings. The van der Waals surface area contributed by atoms with Gasteiger partial charge in [-0.15, -0.1) is 0 Å². The zero-order valence-electron chi connectivity index (χ0n) is 8.52. The molecule has 1 saturated heterocycles. The average Bonchev–Trinajstić information content (AvgIpc) is 2.07.